The Balaban J connectivity index is 1.88. The van der Waals surface area contributed by atoms with Crippen LogP contribution in [-0.4, -0.2) is 23.8 Å². The maximum atomic E-state index is 12.4. The first-order valence-electron chi connectivity index (χ1n) is 6.97. The molecular weight excluding hydrogens is 318 g/mol. The number of hydrogen-bond donors (Lipinski definition) is 1. The molecule has 0 bridgehead atoms. The number of aliphatic hydroxyl groups is 1. The first kappa shape index (κ1) is 15.5. The maximum Gasteiger partial charge on any atom is 0.263 e. The minimum Gasteiger partial charge on any atom is -0.465 e. The van der Waals surface area contributed by atoms with E-state index in [1.54, 1.807) is 31.3 Å². The summed E-state index contributed by atoms with van der Waals surface area (Å²) < 4.78 is 5.10. The predicted octanol–water partition coefficient (Wildman–Crippen LogP) is 2.77. The van der Waals surface area contributed by atoms with Crippen LogP contribution >= 0.6 is 11.6 Å². The van der Waals surface area contributed by atoms with E-state index >= 15 is 0 Å². The summed E-state index contributed by atoms with van der Waals surface area (Å²) in [5.41, 5.74) is -1.01. The Morgan fingerprint density at radius 2 is 2.22 bits per heavy atom. The van der Waals surface area contributed by atoms with Crippen molar-refractivity contribution in [3.05, 3.63) is 59.0 Å². The van der Waals surface area contributed by atoms with Gasteiger partial charge in [-0.1, -0.05) is 11.6 Å². The van der Waals surface area contributed by atoms with Gasteiger partial charge in [0.25, 0.3) is 5.91 Å². The quantitative estimate of drug-likeness (QED) is 0.874. The van der Waals surface area contributed by atoms with Gasteiger partial charge in [0.05, 0.1) is 18.4 Å². The molecule has 5 nitrogen and oxygen atoms in total. The van der Waals surface area contributed by atoms with Gasteiger partial charge in [-0.15, -0.1) is 0 Å². The smallest absolute Gasteiger partial charge is 0.263 e. The second-order valence-electron chi connectivity index (χ2n) is 5.38. The van der Waals surface area contributed by atoms with Crippen molar-refractivity contribution in [3.8, 4) is 0 Å². The third kappa shape index (κ3) is 2.69. The number of hydrogen-bond acceptors (Lipinski definition) is 4. The van der Waals surface area contributed by atoms with E-state index in [1.807, 2.05) is 0 Å². The van der Waals surface area contributed by atoms with Gasteiger partial charge in [0.1, 0.15) is 5.76 Å². The topological polar surface area (TPSA) is 70.8 Å². The number of halogens is 1. The van der Waals surface area contributed by atoms with Crippen LogP contribution in [0.25, 0.3) is 6.08 Å². The molecule has 118 valence electrons. The average molecular weight is 332 g/mol. The van der Waals surface area contributed by atoms with Crippen molar-refractivity contribution in [2.45, 2.75) is 12.0 Å². The van der Waals surface area contributed by atoms with Crippen LogP contribution in [0.4, 0.5) is 5.69 Å². The second-order valence-corrected chi connectivity index (χ2v) is 5.81. The molecule has 1 aromatic carbocycles. The van der Waals surface area contributed by atoms with Gasteiger partial charge in [0.15, 0.2) is 11.4 Å². The summed E-state index contributed by atoms with van der Waals surface area (Å²) in [7, 11) is 1.55. The molecule has 2 heterocycles. The van der Waals surface area contributed by atoms with Crippen LogP contribution in [0.3, 0.4) is 0 Å². The van der Waals surface area contributed by atoms with Crippen molar-refractivity contribution >= 4 is 35.1 Å². The van der Waals surface area contributed by atoms with Crippen LogP contribution in [-0.2, 0) is 15.2 Å². The number of rotatable bonds is 4. The van der Waals surface area contributed by atoms with Crippen LogP contribution in [0.1, 0.15) is 17.7 Å². The van der Waals surface area contributed by atoms with Gasteiger partial charge in [-0.2, -0.15) is 0 Å². The summed E-state index contributed by atoms with van der Waals surface area (Å²) in [6, 6.07) is 8.19. The lowest BCUT2D eigenvalue weighted by Gasteiger charge is -2.20. The van der Waals surface area contributed by atoms with Crippen LogP contribution in [0, 0.1) is 0 Å². The molecule has 1 N–H and O–H groups in total. The van der Waals surface area contributed by atoms with Crippen LogP contribution in [0.2, 0.25) is 5.02 Å². The van der Waals surface area contributed by atoms with E-state index < -0.39 is 17.3 Å². The molecule has 6 heteroatoms. The molecule has 1 amide bonds. The third-order valence-electron chi connectivity index (χ3n) is 3.83. The number of carbonyl (C=O) groups is 2. The number of carbonyl (C=O) groups excluding carboxylic acids is 2. The number of allylic oxidation sites excluding steroid dienone is 1. The van der Waals surface area contributed by atoms with Gasteiger partial charge in [0, 0.05) is 17.6 Å². The lowest BCUT2D eigenvalue weighted by atomic mass is 9.90. The Bertz CT molecular complexity index is 797. The molecule has 0 saturated heterocycles. The summed E-state index contributed by atoms with van der Waals surface area (Å²) in [6.07, 6.45) is 3.91. The zero-order valence-corrected chi connectivity index (χ0v) is 13.1. The van der Waals surface area contributed by atoms with Crippen molar-refractivity contribution in [2.75, 3.05) is 11.9 Å². The normalized spacial score (nSPS) is 20.3. The number of amides is 1. The first-order chi connectivity index (χ1) is 10.9. The zero-order chi connectivity index (χ0) is 16.6. The Hall–Kier alpha value is -2.37. The molecule has 1 unspecified atom stereocenters. The van der Waals surface area contributed by atoms with Crippen molar-refractivity contribution in [1.29, 1.82) is 0 Å². The fraction of sp³-hybridized carbons (Fsp3) is 0.176. The van der Waals surface area contributed by atoms with Gasteiger partial charge >= 0.3 is 0 Å². The number of benzene rings is 1. The molecule has 0 fully saturated rings. The molecule has 0 radical (unpaired) electrons. The lowest BCUT2D eigenvalue weighted by Crippen LogP contribution is -2.40. The highest BCUT2D eigenvalue weighted by atomic mass is 35.5. The molecule has 0 saturated carbocycles. The largest absolute Gasteiger partial charge is 0.465 e. The van der Waals surface area contributed by atoms with Crippen LogP contribution in [0.5, 0.6) is 0 Å². The Labute approximate surface area is 137 Å². The fourth-order valence-corrected chi connectivity index (χ4v) is 2.85. The Kier molecular flexibility index (Phi) is 3.83. The number of nitrogens with zero attached hydrogens (tertiary/aromatic N) is 1. The Morgan fingerprint density at radius 1 is 1.43 bits per heavy atom. The number of furan rings is 1. The van der Waals surface area contributed by atoms with Crippen molar-refractivity contribution < 1.29 is 19.1 Å². The van der Waals surface area contributed by atoms with E-state index in [-0.39, 0.29) is 6.42 Å². The highest BCUT2D eigenvalue weighted by Gasteiger charge is 2.49. The van der Waals surface area contributed by atoms with Gasteiger partial charge in [0.2, 0.25) is 0 Å². The molecule has 0 aliphatic carbocycles. The molecule has 0 spiro atoms. The molecule has 1 atom stereocenters. The molecule has 2 aromatic rings. The van der Waals surface area contributed by atoms with Crippen LogP contribution in [0.15, 0.2) is 47.1 Å². The van der Waals surface area contributed by atoms with Crippen molar-refractivity contribution in [3.63, 3.8) is 0 Å². The molecular formula is C17H14ClNO4. The summed E-state index contributed by atoms with van der Waals surface area (Å²) in [5.74, 6) is -0.420. The molecule has 3 rings (SSSR count). The standard InChI is InChI=1S/C17H14ClNO4/c1-19-15-7-4-11(18)9-14(15)17(22,16(19)21)10-12(20)5-6-13-3-2-8-23-13/h2-9,22H,10H2,1H3/b6-5+. The number of ketones is 1. The van der Waals surface area contributed by atoms with E-state index in [0.717, 1.165) is 0 Å². The summed E-state index contributed by atoms with van der Waals surface area (Å²) in [5, 5.41) is 11.2. The zero-order valence-electron chi connectivity index (χ0n) is 12.3. The molecule has 1 aliphatic rings. The maximum absolute atomic E-state index is 12.4. The average Bonchev–Trinajstić information content (AvgIpc) is 3.09. The number of likely N-dealkylation sites (N-methyl/N-ethyl adjacent to an activating group) is 1. The summed E-state index contributed by atoms with van der Waals surface area (Å²) in [6.45, 7) is 0. The minimum atomic E-state index is -1.90. The first-order valence-corrected chi connectivity index (χ1v) is 7.34. The predicted molar refractivity (Wildman–Crippen MR) is 86.1 cm³/mol. The van der Waals surface area contributed by atoms with Crippen molar-refractivity contribution in [1.82, 2.24) is 0 Å². The van der Waals surface area contributed by atoms with E-state index in [4.69, 9.17) is 16.0 Å². The van der Waals surface area contributed by atoms with Crippen molar-refractivity contribution in [2.24, 2.45) is 0 Å². The lowest BCUT2D eigenvalue weighted by molar-refractivity contribution is -0.140. The molecule has 1 aromatic heterocycles. The van der Waals surface area contributed by atoms with E-state index in [9.17, 15) is 14.7 Å². The second kappa shape index (κ2) is 5.68. The summed E-state index contributed by atoms with van der Waals surface area (Å²) in [4.78, 5) is 25.9. The van der Waals surface area contributed by atoms with E-state index in [1.165, 1.54) is 29.4 Å². The highest BCUT2D eigenvalue weighted by molar-refractivity contribution is 6.31. The molecule has 23 heavy (non-hydrogen) atoms. The SMILES string of the molecule is CN1C(=O)C(O)(CC(=O)/C=C/c2ccco2)c2cc(Cl)ccc21. The van der Waals surface area contributed by atoms with Gasteiger partial charge < -0.3 is 14.4 Å². The van der Waals surface area contributed by atoms with E-state index in [0.29, 0.717) is 22.0 Å². The number of anilines is 1. The fourth-order valence-electron chi connectivity index (χ4n) is 2.68. The van der Waals surface area contributed by atoms with Crippen LogP contribution < -0.4 is 4.90 Å². The third-order valence-corrected chi connectivity index (χ3v) is 4.07. The summed E-state index contributed by atoms with van der Waals surface area (Å²) >= 11 is 5.96. The minimum absolute atomic E-state index is 0.345. The van der Waals surface area contributed by atoms with Gasteiger partial charge in [-0.05, 0) is 42.5 Å². The molecule has 1 aliphatic heterocycles. The highest BCUT2D eigenvalue weighted by Crippen LogP contribution is 2.42. The van der Waals surface area contributed by atoms with E-state index in [2.05, 4.69) is 0 Å². The van der Waals surface area contributed by atoms with Gasteiger partial charge in [-0.3, -0.25) is 9.59 Å². The monoisotopic (exact) mass is 331 g/mol. The Morgan fingerprint density at radius 3 is 2.91 bits per heavy atom. The number of fused-ring (bicyclic) bond motifs is 1. The van der Waals surface area contributed by atoms with Gasteiger partial charge in [-0.25, -0.2) is 0 Å².